The molecule has 0 saturated heterocycles. The molecular weight excluding hydrogens is 341 g/mol. The molecule has 2 rings (SSSR count). The predicted molar refractivity (Wildman–Crippen MR) is 71.8 cm³/mol. The first-order valence-electron chi connectivity index (χ1n) is 6.21. The van der Waals surface area contributed by atoms with Gasteiger partial charge in [0.15, 0.2) is 0 Å². The number of nitrogens with one attached hydrogen (secondary N) is 1. The zero-order valence-corrected chi connectivity index (χ0v) is 12.2. The second kappa shape index (κ2) is 6.25. The lowest BCUT2D eigenvalue weighted by atomic mass is 10.1. The Morgan fingerprint density at radius 1 is 1.00 bits per heavy atom. The zero-order valence-electron chi connectivity index (χ0n) is 11.4. The molecule has 9 heteroatoms. The molecule has 124 valence electrons. The van der Waals surface area contributed by atoms with Crippen LogP contribution < -0.4 is 4.72 Å². The monoisotopic (exact) mass is 351 g/mol. The molecule has 0 aliphatic carbocycles. The Bertz CT molecular complexity index is 818. The van der Waals surface area contributed by atoms with Gasteiger partial charge in [-0.15, -0.1) is 0 Å². The summed E-state index contributed by atoms with van der Waals surface area (Å²) in [6, 6.07) is 6.59. The second-order valence-electron chi connectivity index (χ2n) is 4.56. The maximum Gasteiger partial charge on any atom is 0.419 e. The molecule has 0 saturated carbocycles. The third-order valence-corrected chi connectivity index (χ3v) is 4.34. The van der Waals surface area contributed by atoms with Gasteiger partial charge in [-0.05, 0) is 24.3 Å². The Morgan fingerprint density at radius 2 is 1.65 bits per heavy atom. The molecule has 3 nitrogen and oxygen atoms in total. The van der Waals surface area contributed by atoms with Crippen LogP contribution in [0.4, 0.5) is 22.0 Å². The van der Waals surface area contributed by atoms with E-state index in [0.29, 0.717) is 6.07 Å². The van der Waals surface area contributed by atoms with Crippen LogP contribution >= 0.6 is 0 Å². The van der Waals surface area contributed by atoms with Gasteiger partial charge in [0.05, 0.1) is 10.5 Å². The second-order valence-corrected chi connectivity index (χ2v) is 6.33. The Balaban J connectivity index is 2.25. The van der Waals surface area contributed by atoms with Crippen LogP contribution in [0.25, 0.3) is 0 Å². The van der Waals surface area contributed by atoms with Gasteiger partial charge in [-0.1, -0.05) is 18.2 Å². The first kappa shape index (κ1) is 17.4. The van der Waals surface area contributed by atoms with E-state index >= 15 is 0 Å². The first-order valence-corrected chi connectivity index (χ1v) is 7.69. The van der Waals surface area contributed by atoms with E-state index in [2.05, 4.69) is 0 Å². The fourth-order valence-corrected chi connectivity index (χ4v) is 2.86. The van der Waals surface area contributed by atoms with Crippen molar-refractivity contribution in [2.24, 2.45) is 0 Å². The summed E-state index contributed by atoms with van der Waals surface area (Å²) in [7, 11) is -4.18. The lowest BCUT2D eigenvalue weighted by Crippen LogP contribution is -2.24. The van der Waals surface area contributed by atoms with Crippen molar-refractivity contribution in [2.45, 2.75) is 17.6 Å². The van der Waals surface area contributed by atoms with Crippen LogP contribution in [0.5, 0.6) is 0 Å². The summed E-state index contributed by atoms with van der Waals surface area (Å²) in [5.41, 5.74) is -1.96. The van der Waals surface area contributed by atoms with Crippen molar-refractivity contribution in [1.29, 1.82) is 0 Å². The van der Waals surface area contributed by atoms with Gasteiger partial charge in [0.25, 0.3) is 0 Å². The summed E-state index contributed by atoms with van der Waals surface area (Å²) < 4.78 is 90.4. The molecule has 0 atom stereocenters. The number of alkyl halides is 3. The smallest absolute Gasteiger partial charge is 0.207 e. The third-order valence-electron chi connectivity index (χ3n) is 2.94. The lowest BCUT2D eigenvalue weighted by molar-refractivity contribution is -0.140. The SMILES string of the molecule is O=S(=O)(NCc1cccc(C(F)(F)F)c1F)c1cccc(F)c1. The first-order chi connectivity index (χ1) is 10.6. The summed E-state index contributed by atoms with van der Waals surface area (Å²) in [6.45, 7) is -0.700. The van der Waals surface area contributed by atoms with E-state index in [1.165, 1.54) is 0 Å². The summed E-state index contributed by atoms with van der Waals surface area (Å²) in [5.74, 6) is -2.35. The molecule has 0 spiro atoms. The van der Waals surface area contributed by atoms with Crippen LogP contribution in [0.1, 0.15) is 11.1 Å². The van der Waals surface area contributed by atoms with Crippen LogP contribution in [0.15, 0.2) is 47.4 Å². The van der Waals surface area contributed by atoms with Crippen molar-refractivity contribution < 1.29 is 30.4 Å². The van der Waals surface area contributed by atoms with Crippen molar-refractivity contribution in [3.63, 3.8) is 0 Å². The van der Waals surface area contributed by atoms with Crippen molar-refractivity contribution in [3.05, 3.63) is 65.2 Å². The van der Waals surface area contributed by atoms with Crippen LogP contribution in [-0.4, -0.2) is 8.42 Å². The Kier molecular flexibility index (Phi) is 4.71. The molecule has 2 aromatic rings. The van der Waals surface area contributed by atoms with Gasteiger partial charge >= 0.3 is 6.18 Å². The van der Waals surface area contributed by atoms with Crippen molar-refractivity contribution in [2.75, 3.05) is 0 Å². The quantitative estimate of drug-likeness (QED) is 0.858. The Labute approximate surface area is 128 Å². The van der Waals surface area contributed by atoms with Crippen LogP contribution in [0.3, 0.4) is 0 Å². The number of halogens is 5. The summed E-state index contributed by atoms with van der Waals surface area (Å²) in [4.78, 5) is -0.412. The molecule has 0 fully saturated rings. The normalized spacial score (nSPS) is 12.4. The molecule has 0 unspecified atom stereocenters. The number of hydrogen-bond donors (Lipinski definition) is 1. The summed E-state index contributed by atoms with van der Waals surface area (Å²) in [5, 5.41) is 0. The van der Waals surface area contributed by atoms with E-state index in [0.717, 1.165) is 36.4 Å². The molecule has 0 radical (unpaired) electrons. The van der Waals surface area contributed by atoms with Crippen LogP contribution in [-0.2, 0) is 22.7 Å². The van der Waals surface area contributed by atoms with Crippen LogP contribution in [0, 0.1) is 11.6 Å². The Morgan fingerprint density at radius 3 is 2.26 bits per heavy atom. The fourth-order valence-electron chi connectivity index (χ4n) is 1.83. The average molecular weight is 351 g/mol. The highest BCUT2D eigenvalue weighted by Crippen LogP contribution is 2.32. The number of sulfonamides is 1. The molecule has 0 heterocycles. The fraction of sp³-hybridized carbons (Fsp3) is 0.143. The highest BCUT2D eigenvalue weighted by molar-refractivity contribution is 7.89. The largest absolute Gasteiger partial charge is 0.419 e. The van der Waals surface area contributed by atoms with Gasteiger partial charge in [0.1, 0.15) is 11.6 Å². The molecule has 0 bridgehead atoms. The van der Waals surface area contributed by atoms with E-state index < -0.39 is 50.4 Å². The molecule has 2 aromatic carbocycles. The molecule has 1 N–H and O–H groups in total. The van der Waals surface area contributed by atoms with E-state index in [4.69, 9.17) is 0 Å². The van der Waals surface area contributed by atoms with Gasteiger partial charge in [-0.2, -0.15) is 13.2 Å². The van der Waals surface area contributed by atoms with Gasteiger partial charge in [0.2, 0.25) is 10.0 Å². The summed E-state index contributed by atoms with van der Waals surface area (Å²) in [6.07, 6.45) is -4.89. The number of hydrogen-bond acceptors (Lipinski definition) is 2. The van der Waals surface area contributed by atoms with E-state index in [-0.39, 0.29) is 0 Å². The minimum absolute atomic E-state index is 0.412. The lowest BCUT2D eigenvalue weighted by Gasteiger charge is -2.12. The summed E-state index contributed by atoms with van der Waals surface area (Å²) >= 11 is 0. The number of benzene rings is 2. The predicted octanol–water partition coefficient (Wildman–Crippen LogP) is 3.46. The maximum atomic E-state index is 13.8. The third kappa shape index (κ3) is 4.05. The molecule has 0 amide bonds. The maximum absolute atomic E-state index is 13.8. The highest BCUT2D eigenvalue weighted by Gasteiger charge is 2.34. The van der Waals surface area contributed by atoms with Crippen molar-refractivity contribution in [3.8, 4) is 0 Å². The average Bonchev–Trinajstić information content (AvgIpc) is 2.45. The van der Waals surface area contributed by atoms with Crippen LogP contribution in [0.2, 0.25) is 0 Å². The molecule has 0 aromatic heterocycles. The van der Waals surface area contributed by atoms with Gasteiger partial charge < -0.3 is 0 Å². The molecule has 0 aliphatic rings. The standard InChI is InChI=1S/C14H10F5NO2S/c15-10-4-2-5-11(7-10)23(21,22)20-8-9-3-1-6-12(13(9)16)14(17,18)19/h1-7,20H,8H2. The highest BCUT2D eigenvalue weighted by atomic mass is 32.2. The van der Waals surface area contributed by atoms with Crippen molar-refractivity contribution >= 4 is 10.0 Å². The topological polar surface area (TPSA) is 46.2 Å². The Hall–Kier alpha value is -2.00. The molecule has 23 heavy (non-hydrogen) atoms. The molecular formula is C14H10F5NO2S. The van der Waals surface area contributed by atoms with E-state index in [1.807, 2.05) is 4.72 Å². The van der Waals surface area contributed by atoms with Crippen molar-refractivity contribution in [1.82, 2.24) is 4.72 Å². The minimum atomic E-state index is -4.89. The zero-order chi connectivity index (χ0) is 17.3. The van der Waals surface area contributed by atoms with E-state index in [1.54, 1.807) is 0 Å². The van der Waals surface area contributed by atoms with Gasteiger partial charge in [-0.3, -0.25) is 0 Å². The minimum Gasteiger partial charge on any atom is -0.207 e. The van der Waals surface area contributed by atoms with Gasteiger partial charge in [0, 0.05) is 12.1 Å². The van der Waals surface area contributed by atoms with E-state index in [9.17, 15) is 30.4 Å². The molecule has 0 aliphatic heterocycles. The number of rotatable bonds is 4. The van der Waals surface area contributed by atoms with Gasteiger partial charge in [-0.25, -0.2) is 21.9 Å².